The Bertz CT molecular complexity index is 1330. The number of rotatable bonds is 10. The van der Waals surface area contributed by atoms with Crippen LogP contribution in [0.5, 0.6) is 0 Å². The van der Waals surface area contributed by atoms with E-state index >= 15 is 0 Å². The van der Waals surface area contributed by atoms with Gasteiger partial charge in [-0.25, -0.2) is 0 Å². The van der Waals surface area contributed by atoms with Crippen LogP contribution in [0.15, 0.2) is 0 Å². The van der Waals surface area contributed by atoms with Crippen LogP contribution >= 0.6 is 15.9 Å². The van der Waals surface area contributed by atoms with Crippen molar-refractivity contribution in [2.45, 2.75) is 173 Å². The fourth-order valence-corrected chi connectivity index (χ4v) is 10.1. The van der Waals surface area contributed by atoms with Gasteiger partial charge in [-0.2, -0.15) is 0 Å². The average molecular weight is 974 g/mol. The SMILES string of the molecule is CCOC(=O)CBr.CCOC(=O)CN1[C@H](CNC)CC[C@@H]1C.CNC(=O)[C@@H]1CC[C@H](C)N1.CNC[C@@H]1CC[C@H](C)N1.C[C@H]1CC[C@H]2CN(C)C(=O)CN21.C[C@H]1CC[C@H]2CN(C)CCN21. The minimum atomic E-state index is -0.206. The lowest BCUT2D eigenvalue weighted by Crippen LogP contribution is -2.53. The molecule has 5 N–H and O–H groups in total. The van der Waals surface area contributed by atoms with Gasteiger partial charge >= 0.3 is 11.9 Å². The number of likely N-dealkylation sites (N-methyl/N-ethyl adjacent to an activating group) is 5. The molecular weight excluding hydrogens is 880 g/mol. The zero-order valence-corrected chi connectivity index (χ0v) is 43.8. The quantitative estimate of drug-likeness (QED) is 0.161. The molecule has 17 heteroatoms. The second-order valence-electron chi connectivity index (χ2n) is 18.9. The van der Waals surface area contributed by atoms with E-state index in [1.165, 1.54) is 71.0 Å². The van der Waals surface area contributed by atoms with E-state index in [-0.39, 0.29) is 29.8 Å². The van der Waals surface area contributed by atoms with Gasteiger partial charge in [0.15, 0.2) is 0 Å². The van der Waals surface area contributed by atoms with Crippen LogP contribution in [-0.2, 0) is 28.7 Å². The normalized spacial score (nSPS) is 31.2. The van der Waals surface area contributed by atoms with Crippen LogP contribution in [0, 0.1) is 0 Å². The van der Waals surface area contributed by atoms with Crippen LogP contribution in [0.25, 0.3) is 0 Å². The molecule has 0 unspecified atom stereocenters. The van der Waals surface area contributed by atoms with E-state index in [1.807, 2.05) is 33.0 Å². The number of nitrogens with one attached hydrogen (secondary N) is 5. The van der Waals surface area contributed by atoms with Crippen LogP contribution in [0.4, 0.5) is 0 Å². The summed E-state index contributed by atoms with van der Waals surface area (Å²) < 4.78 is 9.48. The first-order chi connectivity index (χ1) is 30.5. The fourth-order valence-electron chi connectivity index (χ4n) is 9.92. The van der Waals surface area contributed by atoms with Gasteiger partial charge in [-0.3, -0.25) is 33.9 Å². The van der Waals surface area contributed by atoms with Crippen LogP contribution in [-0.4, -0.2) is 215 Å². The minimum absolute atomic E-state index is 0.0556. The Morgan fingerprint density at radius 2 is 1.27 bits per heavy atom. The molecule has 16 nitrogen and oxygen atoms in total. The molecule has 0 radical (unpaired) electrons. The maximum absolute atomic E-state index is 11.4. The van der Waals surface area contributed by atoms with Crippen LogP contribution in [0.3, 0.4) is 0 Å². The Balaban J connectivity index is 0.000000268. The Hall–Kier alpha value is -1.96. The molecule has 2 amide bonds. The van der Waals surface area contributed by atoms with Crippen molar-refractivity contribution in [3.63, 3.8) is 0 Å². The van der Waals surface area contributed by atoms with Crippen molar-refractivity contribution in [3.8, 4) is 0 Å². The first kappa shape index (κ1) is 58.2. The van der Waals surface area contributed by atoms with E-state index in [4.69, 9.17) is 4.74 Å². The van der Waals surface area contributed by atoms with Gasteiger partial charge in [-0.1, -0.05) is 15.9 Å². The summed E-state index contributed by atoms with van der Waals surface area (Å²) in [4.78, 5) is 55.5. The highest BCUT2D eigenvalue weighted by molar-refractivity contribution is 9.09. The summed E-state index contributed by atoms with van der Waals surface area (Å²) in [7, 11) is 9.77. The molecule has 7 heterocycles. The molecule has 0 saturated carbocycles. The minimum Gasteiger partial charge on any atom is -0.465 e. The van der Waals surface area contributed by atoms with Crippen molar-refractivity contribution >= 4 is 39.7 Å². The topological polar surface area (TPSA) is 163 Å². The second kappa shape index (κ2) is 31.9. The van der Waals surface area contributed by atoms with E-state index in [9.17, 15) is 19.2 Å². The first-order valence-electron chi connectivity index (χ1n) is 24.6. The van der Waals surface area contributed by atoms with Gasteiger partial charge in [-0.05, 0) is 134 Å². The Kier molecular flexibility index (Phi) is 29.0. The molecule has 0 aromatic carbocycles. The van der Waals surface area contributed by atoms with E-state index < -0.39 is 0 Å². The highest BCUT2D eigenvalue weighted by Crippen LogP contribution is 2.28. The fraction of sp³-hybridized carbons (Fsp3) is 0.915. The van der Waals surface area contributed by atoms with Crippen LogP contribution in [0.1, 0.15) is 113 Å². The predicted octanol–water partition coefficient (Wildman–Crippen LogP) is 2.88. The van der Waals surface area contributed by atoms with Gasteiger partial charge < -0.3 is 45.9 Å². The third kappa shape index (κ3) is 20.9. The maximum Gasteiger partial charge on any atom is 0.320 e. The molecular formula is C47H93BrN10O6. The molecule has 7 aliphatic heterocycles. The molecule has 64 heavy (non-hydrogen) atoms. The van der Waals surface area contributed by atoms with Crippen molar-refractivity contribution in [2.24, 2.45) is 0 Å². The standard InChI is InChI=1S/C11H22N2O2.C9H16N2O.C9H18N2.C7H14N2O.C7H16N2.C4H7BrO2/c1-4-15-11(14)8-13-9(2)5-6-10(13)7-12-3;1-7-3-4-8-5-10(2)9(12)6-11(7)8;1-8-3-4-9-7-10(2)5-6-11(8)9;1-5-3-4-6(9-5)7(10)8-2;1-6-3-4-7(9-6)5-8-2;1-2-7-4(6)3-5/h9-10,12H,4-8H2,1-3H3;7-8H,3-6H2,1-2H3;8-9H,3-7H2,1-2H3;5-6,9H,3-4H2,1-2H3,(H,8,10);6-9H,3-5H2,1-2H3;2-3H2,1H3/t9-,10-;7-,8-;8-,9-;5-,6-;6-,7-;/m00000./s1. The highest BCUT2D eigenvalue weighted by atomic mass is 79.9. The smallest absolute Gasteiger partial charge is 0.320 e. The van der Waals surface area contributed by atoms with E-state index in [0.29, 0.717) is 61.8 Å². The lowest BCUT2D eigenvalue weighted by Gasteiger charge is -2.37. The van der Waals surface area contributed by atoms with Gasteiger partial charge in [0.1, 0.15) is 5.33 Å². The highest BCUT2D eigenvalue weighted by Gasteiger charge is 2.37. The lowest BCUT2D eigenvalue weighted by atomic mass is 10.2. The molecule has 374 valence electrons. The van der Waals surface area contributed by atoms with Crippen molar-refractivity contribution in [1.82, 2.24) is 51.1 Å². The number of halogens is 1. The Morgan fingerprint density at radius 3 is 1.80 bits per heavy atom. The van der Waals surface area contributed by atoms with Crippen LogP contribution in [0.2, 0.25) is 0 Å². The lowest BCUT2D eigenvalue weighted by molar-refractivity contribution is -0.145. The molecule has 0 spiro atoms. The van der Waals surface area contributed by atoms with E-state index in [1.54, 1.807) is 14.0 Å². The molecule has 7 fully saturated rings. The summed E-state index contributed by atoms with van der Waals surface area (Å²) in [6.07, 6.45) is 12.5. The van der Waals surface area contributed by atoms with Crippen molar-refractivity contribution < 1.29 is 28.7 Å². The first-order valence-corrected chi connectivity index (χ1v) is 25.7. The third-order valence-electron chi connectivity index (χ3n) is 13.7. The number of piperazine rings is 2. The number of likely N-dealkylation sites (tertiary alicyclic amines) is 1. The average Bonchev–Trinajstić information content (AvgIpc) is 4.12. The summed E-state index contributed by atoms with van der Waals surface area (Å²) in [5.41, 5.74) is 0. The maximum atomic E-state index is 11.4. The molecule has 7 saturated heterocycles. The number of nitrogens with zero attached hydrogens (tertiary/aromatic N) is 5. The summed E-state index contributed by atoms with van der Waals surface area (Å²) in [5.74, 6) is 0.0826. The van der Waals surface area contributed by atoms with Crippen LogP contribution < -0.4 is 26.6 Å². The summed E-state index contributed by atoms with van der Waals surface area (Å²) in [6.45, 7) is 23.6. The molecule has 0 aromatic heterocycles. The number of esters is 2. The number of amides is 2. The molecule has 7 rings (SSSR count). The Labute approximate surface area is 397 Å². The Morgan fingerprint density at radius 1 is 0.688 bits per heavy atom. The molecule has 0 bridgehead atoms. The van der Waals surface area contributed by atoms with Gasteiger partial charge in [0.05, 0.1) is 32.3 Å². The van der Waals surface area contributed by atoms with E-state index in [2.05, 4.69) is 109 Å². The van der Waals surface area contributed by atoms with Gasteiger partial charge in [0.25, 0.3) is 0 Å². The number of fused-ring (bicyclic) bond motifs is 2. The summed E-state index contributed by atoms with van der Waals surface area (Å²) in [6, 6.07) is 5.99. The zero-order valence-electron chi connectivity index (χ0n) is 42.2. The summed E-state index contributed by atoms with van der Waals surface area (Å²) >= 11 is 2.94. The second-order valence-corrected chi connectivity index (χ2v) is 19.4. The zero-order chi connectivity index (χ0) is 47.8. The molecule has 0 aliphatic carbocycles. The summed E-state index contributed by atoms with van der Waals surface area (Å²) in [5, 5.41) is 15.9. The van der Waals surface area contributed by atoms with Crippen molar-refractivity contribution in [2.75, 3.05) is 106 Å². The number of carbonyl (C=O) groups excluding carboxylic acids is 4. The van der Waals surface area contributed by atoms with E-state index in [0.717, 1.165) is 56.6 Å². The predicted molar refractivity (Wildman–Crippen MR) is 263 cm³/mol. The largest absolute Gasteiger partial charge is 0.465 e. The number of carbonyl (C=O) groups is 4. The number of ether oxygens (including phenoxy) is 2. The van der Waals surface area contributed by atoms with Crippen molar-refractivity contribution in [3.05, 3.63) is 0 Å². The van der Waals surface area contributed by atoms with Gasteiger partial charge in [-0.15, -0.1) is 0 Å². The van der Waals surface area contributed by atoms with Gasteiger partial charge in [0.2, 0.25) is 11.8 Å². The van der Waals surface area contributed by atoms with Gasteiger partial charge in [0, 0.05) is 108 Å². The molecule has 0 aromatic rings. The monoisotopic (exact) mass is 973 g/mol. The van der Waals surface area contributed by atoms with Crippen molar-refractivity contribution in [1.29, 1.82) is 0 Å². The third-order valence-corrected chi connectivity index (χ3v) is 14.1. The number of hydrogen-bond acceptors (Lipinski definition) is 14. The molecule has 7 aliphatic rings. The number of hydrogen-bond donors (Lipinski definition) is 5. The number of alkyl halides is 1. The molecule has 10 atom stereocenters.